The number of benzene rings is 1. The van der Waals surface area contributed by atoms with Crippen LogP contribution in [0.1, 0.15) is 12.5 Å². The Bertz CT molecular complexity index is 248. The van der Waals surface area contributed by atoms with E-state index in [-0.39, 0.29) is 0 Å². The zero-order chi connectivity index (χ0) is 8.27. The summed E-state index contributed by atoms with van der Waals surface area (Å²) in [5.74, 6) is 0. The zero-order valence-corrected chi connectivity index (χ0v) is 7.32. The summed E-state index contributed by atoms with van der Waals surface area (Å²) in [6.07, 6.45) is 1.02. The van der Waals surface area contributed by atoms with E-state index in [2.05, 4.69) is 6.92 Å². The summed E-state index contributed by atoms with van der Waals surface area (Å²) in [5, 5.41) is 5.41. The fourth-order valence-corrected chi connectivity index (χ4v) is 1.32. The Kier molecular flexibility index (Phi) is 2.79. The molecule has 2 nitrogen and oxygen atoms in total. The predicted molar refractivity (Wildman–Crippen MR) is 50.3 cm³/mol. The lowest BCUT2D eigenvalue weighted by atomic mass is 10.1. The lowest BCUT2D eigenvalue weighted by Gasteiger charge is -2.03. The fraction of sp³-hybridized carbons (Fsp3) is 0.250. The van der Waals surface area contributed by atoms with Crippen LogP contribution in [0.3, 0.4) is 0 Å². The zero-order valence-electron chi connectivity index (χ0n) is 6.50. The molecule has 0 spiro atoms. The van der Waals surface area contributed by atoms with Crippen molar-refractivity contribution < 1.29 is 0 Å². The van der Waals surface area contributed by atoms with Crippen LogP contribution in [0.15, 0.2) is 23.1 Å². The van der Waals surface area contributed by atoms with Gasteiger partial charge < -0.3 is 5.73 Å². The van der Waals surface area contributed by atoms with Gasteiger partial charge >= 0.3 is 0 Å². The first-order chi connectivity index (χ1) is 5.27. The molecule has 0 atom stereocenters. The first-order valence-electron chi connectivity index (χ1n) is 3.53. The molecule has 0 saturated heterocycles. The van der Waals surface area contributed by atoms with Gasteiger partial charge in [-0.3, -0.25) is 5.14 Å². The van der Waals surface area contributed by atoms with Crippen LogP contribution in [0.5, 0.6) is 0 Å². The van der Waals surface area contributed by atoms with Gasteiger partial charge in [-0.05, 0) is 36.1 Å². The molecule has 1 aromatic rings. The molecule has 3 heteroatoms. The van der Waals surface area contributed by atoms with Gasteiger partial charge in [-0.25, -0.2) is 0 Å². The maximum Gasteiger partial charge on any atom is 0.0465 e. The predicted octanol–water partition coefficient (Wildman–Crippen LogP) is 1.80. The highest BCUT2D eigenvalue weighted by Crippen LogP contribution is 2.21. The van der Waals surface area contributed by atoms with Crippen LogP contribution in [-0.4, -0.2) is 0 Å². The molecule has 0 aliphatic carbocycles. The van der Waals surface area contributed by atoms with Gasteiger partial charge in [0.15, 0.2) is 0 Å². The molecular weight excluding hydrogens is 156 g/mol. The van der Waals surface area contributed by atoms with E-state index in [1.807, 2.05) is 18.2 Å². The van der Waals surface area contributed by atoms with Crippen LogP contribution in [0.2, 0.25) is 0 Å². The summed E-state index contributed by atoms with van der Waals surface area (Å²) in [6, 6.07) is 5.95. The highest BCUT2D eigenvalue weighted by molar-refractivity contribution is 7.97. The van der Waals surface area contributed by atoms with Crippen LogP contribution < -0.4 is 10.9 Å². The van der Waals surface area contributed by atoms with Crippen molar-refractivity contribution in [3.63, 3.8) is 0 Å². The lowest BCUT2D eigenvalue weighted by molar-refractivity contribution is 1.12. The van der Waals surface area contributed by atoms with Crippen LogP contribution in [0, 0.1) is 0 Å². The summed E-state index contributed by atoms with van der Waals surface area (Å²) >= 11 is 1.20. The van der Waals surface area contributed by atoms with Crippen LogP contribution in [0.4, 0.5) is 5.69 Å². The first-order valence-corrected chi connectivity index (χ1v) is 4.41. The third kappa shape index (κ3) is 1.88. The topological polar surface area (TPSA) is 52.0 Å². The standard InChI is InChI=1S/C8H12N2S/c1-2-6-3-4-7(9)8(5-6)11-10/h3-5H,2,9-10H2,1H3. The Hall–Kier alpha value is -0.670. The Morgan fingerprint density at radius 1 is 1.45 bits per heavy atom. The minimum atomic E-state index is 0.759. The molecule has 0 saturated carbocycles. The van der Waals surface area contributed by atoms with Crippen LogP contribution in [0.25, 0.3) is 0 Å². The quantitative estimate of drug-likeness (QED) is 0.523. The molecule has 0 aliphatic heterocycles. The number of anilines is 1. The van der Waals surface area contributed by atoms with E-state index in [9.17, 15) is 0 Å². The van der Waals surface area contributed by atoms with E-state index < -0.39 is 0 Å². The number of aryl methyl sites for hydroxylation is 1. The van der Waals surface area contributed by atoms with Crippen molar-refractivity contribution in [1.29, 1.82) is 0 Å². The van der Waals surface area contributed by atoms with Gasteiger partial charge in [0.1, 0.15) is 0 Å². The minimum absolute atomic E-state index is 0.759. The highest BCUT2D eigenvalue weighted by atomic mass is 32.2. The number of nitrogens with two attached hydrogens (primary N) is 2. The van der Waals surface area contributed by atoms with Gasteiger partial charge in [0.05, 0.1) is 0 Å². The molecule has 0 amide bonds. The van der Waals surface area contributed by atoms with Crippen molar-refractivity contribution in [2.24, 2.45) is 5.14 Å². The summed E-state index contributed by atoms with van der Waals surface area (Å²) in [6.45, 7) is 2.11. The second-order valence-corrected chi connectivity index (χ2v) is 3.02. The minimum Gasteiger partial charge on any atom is -0.398 e. The molecule has 1 rings (SSSR count). The maximum absolute atomic E-state index is 5.65. The van der Waals surface area contributed by atoms with E-state index in [1.165, 1.54) is 17.5 Å². The monoisotopic (exact) mass is 168 g/mol. The van der Waals surface area contributed by atoms with E-state index in [4.69, 9.17) is 10.9 Å². The third-order valence-corrected chi connectivity index (χ3v) is 2.22. The van der Waals surface area contributed by atoms with Gasteiger partial charge in [-0.2, -0.15) is 0 Å². The number of nitrogen functional groups attached to an aromatic ring is 1. The molecule has 0 radical (unpaired) electrons. The van der Waals surface area contributed by atoms with Crippen LogP contribution in [-0.2, 0) is 6.42 Å². The van der Waals surface area contributed by atoms with Crippen molar-refractivity contribution in [3.8, 4) is 0 Å². The molecule has 0 aromatic heterocycles. The molecule has 0 unspecified atom stereocenters. The number of hydrogen-bond acceptors (Lipinski definition) is 3. The maximum atomic E-state index is 5.65. The second kappa shape index (κ2) is 3.64. The Labute approximate surface area is 71.1 Å². The normalized spacial score (nSPS) is 10.0. The van der Waals surface area contributed by atoms with Crippen molar-refractivity contribution in [2.75, 3.05) is 5.73 Å². The van der Waals surface area contributed by atoms with E-state index in [1.54, 1.807) is 0 Å². The summed E-state index contributed by atoms with van der Waals surface area (Å²) < 4.78 is 0. The molecule has 0 bridgehead atoms. The smallest absolute Gasteiger partial charge is 0.0465 e. The van der Waals surface area contributed by atoms with Crippen molar-refractivity contribution >= 4 is 17.6 Å². The summed E-state index contributed by atoms with van der Waals surface area (Å²) in [5.41, 5.74) is 7.68. The summed E-state index contributed by atoms with van der Waals surface area (Å²) in [4.78, 5) is 0.962. The SMILES string of the molecule is CCc1ccc(N)c(SN)c1. The largest absolute Gasteiger partial charge is 0.398 e. The fourth-order valence-electron chi connectivity index (χ4n) is 0.901. The number of rotatable bonds is 2. The second-order valence-electron chi connectivity index (χ2n) is 2.34. The Balaban J connectivity index is 3.02. The van der Waals surface area contributed by atoms with Gasteiger partial charge in [-0.1, -0.05) is 13.0 Å². The Morgan fingerprint density at radius 2 is 2.18 bits per heavy atom. The van der Waals surface area contributed by atoms with Crippen molar-refractivity contribution in [2.45, 2.75) is 18.2 Å². The first kappa shape index (κ1) is 8.43. The van der Waals surface area contributed by atoms with Gasteiger partial charge in [-0.15, -0.1) is 0 Å². The molecule has 11 heavy (non-hydrogen) atoms. The lowest BCUT2D eigenvalue weighted by Crippen LogP contribution is -1.92. The third-order valence-electron chi connectivity index (χ3n) is 1.61. The Morgan fingerprint density at radius 3 is 2.73 bits per heavy atom. The van der Waals surface area contributed by atoms with Gasteiger partial charge in [0.2, 0.25) is 0 Å². The van der Waals surface area contributed by atoms with Crippen molar-refractivity contribution in [3.05, 3.63) is 23.8 Å². The molecule has 4 N–H and O–H groups in total. The number of hydrogen-bond donors (Lipinski definition) is 2. The molecular formula is C8H12N2S. The van der Waals surface area contributed by atoms with Gasteiger partial charge in [0.25, 0.3) is 0 Å². The summed E-state index contributed by atoms with van der Waals surface area (Å²) in [7, 11) is 0. The van der Waals surface area contributed by atoms with E-state index in [0.717, 1.165) is 17.0 Å². The highest BCUT2D eigenvalue weighted by Gasteiger charge is 1.97. The van der Waals surface area contributed by atoms with E-state index >= 15 is 0 Å². The molecule has 0 fully saturated rings. The van der Waals surface area contributed by atoms with Crippen molar-refractivity contribution in [1.82, 2.24) is 0 Å². The molecule has 0 heterocycles. The average Bonchev–Trinajstić information content (AvgIpc) is 2.05. The molecule has 0 aliphatic rings. The average molecular weight is 168 g/mol. The molecule has 60 valence electrons. The molecule has 1 aromatic carbocycles. The van der Waals surface area contributed by atoms with Gasteiger partial charge in [0, 0.05) is 10.6 Å². The van der Waals surface area contributed by atoms with E-state index in [0.29, 0.717) is 0 Å². The van der Waals surface area contributed by atoms with Crippen LogP contribution >= 0.6 is 11.9 Å².